The largest absolute Gasteiger partial charge is 0.443 e. The third kappa shape index (κ3) is 4.05. The Hall–Kier alpha value is -1.52. The first kappa shape index (κ1) is 14.5. The summed E-state index contributed by atoms with van der Waals surface area (Å²) in [4.78, 5) is 27.1. The Morgan fingerprint density at radius 1 is 1.39 bits per heavy atom. The topological polar surface area (TPSA) is 49.9 Å². The number of likely N-dealkylation sites (tertiary alicyclic amines) is 1. The molecular weight excluding hydrogens is 232 g/mol. The summed E-state index contributed by atoms with van der Waals surface area (Å²) in [5, 5.41) is 0. The number of carbonyl (C=O) groups excluding carboxylic acids is 2. The number of rotatable bonds is 1. The molecule has 0 radical (unpaired) electrons. The molecule has 0 aromatic rings. The molecule has 102 valence electrons. The Morgan fingerprint density at radius 2 is 2.00 bits per heavy atom. The van der Waals surface area contributed by atoms with Gasteiger partial charge in [0.05, 0.1) is 0 Å². The van der Waals surface area contributed by atoms with Crippen LogP contribution in [0.3, 0.4) is 0 Å². The maximum atomic E-state index is 12.0. The average Bonchev–Trinajstić information content (AvgIpc) is 2.17. The van der Waals surface area contributed by atoms with Crippen LogP contribution < -0.4 is 0 Å². The summed E-state index contributed by atoms with van der Waals surface area (Å²) in [6, 6.07) is 0. The summed E-state index contributed by atoms with van der Waals surface area (Å²) in [5.41, 5.74) is -0.138. The highest BCUT2D eigenvalue weighted by atomic mass is 16.6. The number of amides is 1. The Labute approximate surface area is 108 Å². The molecule has 0 unspecified atom stereocenters. The summed E-state index contributed by atoms with van der Waals surface area (Å²) < 4.78 is 5.31. The molecule has 0 aromatic heterocycles. The van der Waals surface area contributed by atoms with Gasteiger partial charge in [-0.3, -0.25) is 9.69 Å². The normalized spacial score (nSPS) is 19.1. The van der Waals surface area contributed by atoms with E-state index in [1.165, 1.54) is 4.90 Å². The van der Waals surface area contributed by atoms with E-state index in [9.17, 15) is 9.59 Å². The van der Waals surface area contributed by atoms with Gasteiger partial charge >= 0.3 is 6.09 Å². The lowest BCUT2D eigenvalue weighted by Gasteiger charge is -2.31. The van der Waals surface area contributed by atoms with E-state index in [0.717, 1.165) is 0 Å². The van der Waals surface area contributed by atoms with Crippen molar-refractivity contribution in [3.63, 3.8) is 0 Å². The summed E-state index contributed by atoms with van der Waals surface area (Å²) in [7, 11) is 3.64. The molecule has 1 aliphatic heterocycles. The van der Waals surface area contributed by atoms with Gasteiger partial charge in [-0.25, -0.2) is 4.79 Å². The maximum Gasteiger partial charge on any atom is 0.414 e. The van der Waals surface area contributed by atoms with Gasteiger partial charge in [0.25, 0.3) is 0 Å². The molecule has 0 spiro atoms. The molecule has 1 rings (SSSR count). The van der Waals surface area contributed by atoms with E-state index in [2.05, 4.69) is 0 Å². The first-order valence-corrected chi connectivity index (χ1v) is 6.12. The monoisotopic (exact) mass is 254 g/mol. The molecular formula is C13H22N2O3. The van der Waals surface area contributed by atoms with Crippen molar-refractivity contribution in [2.45, 2.75) is 39.2 Å². The number of nitrogens with zero attached hydrogens (tertiary/aromatic N) is 2. The summed E-state index contributed by atoms with van der Waals surface area (Å²) in [5.74, 6) is -0.0131. The number of hydrogen-bond acceptors (Lipinski definition) is 4. The smallest absolute Gasteiger partial charge is 0.414 e. The molecule has 1 heterocycles. The fourth-order valence-electron chi connectivity index (χ4n) is 1.69. The number of Topliss-reactive ketones (excluding diaryl/α,β-unsaturated/α-hetero) is 1. The molecule has 18 heavy (non-hydrogen) atoms. The minimum absolute atomic E-state index is 0.0131. The Morgan fingerprint density at radius 3 is 2.50 bits per heavy atom. The summed E-state index contributed by atoms with van der Waals surface area (Å²) >= 11 is 0. The Bertz CT molecular complexity index is 367. The van der Waals surface area contributed by atoms with Crippen LogP contribution in [-0.4, -0.2) is 47.9 Å². The van der Waals surface area contributed by atoms with Crippen molar-refractivity contribution in [2.24, 2.45) is 0 Å². The Balaban J connectivity index is 2.90. The van der Waals surface area contributed by atoms with E-state index in [0.29, 0.717) is 25.1 Å². The minimum Gasteiger partial charge on any atom is -0.443 e. The Kier molecular flexibility index (Phi) is 4.38. The number of ether oxygens (including phenoxy) is 1. The second-order valence-corrected chi connectivity index (χ2v) is 5.64. The summed E-state index contributed by atoms with van der Waals surface area (Å²) in [6.45, 7) is 5.96. The van der Waals surface area contributed by atoms with Crippen molar-refractivity contribution in [3.05, 3.63) is 11.9 Å². The average molecular weight is 254 g/mol. The predicted molar refractivity (Wildman–Crippen MR) is 69.0 cm³/mol. The highest BCUT2D eigenvalue weighted by Crippen LogP contribution is 2.20. The zero-order valence-corrected chi connectivity index (χ0v) is 11.8. The van der Waals surface area contributed by atoms with Crippen LogP contribution in [0.4, 0.5) is 4.79 Å². The molecule has 1 aliphatic rings. The van der Waals surface area contributed by atoms with E-state index in [1.54, 1.807) is 11.1 Å². The van der Waals surface area contributed by atoms with Crippen LogP contribution in [-0.2, 0) is 9.53 Å². The molecule has 1 fully saturated rings. The van der Waals surface area contributed by atoms with Crippen molar-refractivity contribution < 1.29 is 14.3 Å². The van der Waals surface area contributed by atoms with Crippen LogP contribution in [0.1, 0.15) is 33.6 Å². The van der Waals surface area contributed by atoms with E-state index >= 15 is 0 Å². The fourth-order valence-corrected chi connectivity index (χ4v) is 1.69. The quantitative estimate of drug-likeness (QED) is 0.671. The molecule has 1 amide bonds. The van der Waals surface area contributed by atoms with Crippen molar-refractivity contribution in [1.82, 2.24) is 9.80 Å². The molecule has 0 atom stereocenters. The number of carbonyl (C=O) groups is 2. The number of allylic oxidation sites excluding steroid dienone is 1. The molecule has 5 heteroatoms. The van der Waals surface area contributed by atoms with E-state index in [1.807, 2.05) is 34.9 Å². The summed E-state index contributed by atoms with van der Waals surface area (Å²) in [6.07, 6.45) is 2.39. The highest BCUT2D eigenvalue weighted by Gasteiger charge is 2.31. The van der Waals surface area contributed by atoms with Crippen molar-refractivity contribution in [3.8, 4) is 0 Å². The predicted octanol–water partition coefficient (Wildman–Crippen LogP) is 1.99. The molecule has 5 nitrogen and oxygen atoms in total. The van der Waals surface area contributed by atoms with E-state index in [4.69, 9.17) is 4.74 Å². The molecule has 0 saturated carbocycles. The standard InChI is InChI=1S/C13H22N2O3/c1-13(2,3)18-12(17)15-8-6-7-11(16)10(15)9-14(4)5/h9H,6-8H2,1-5H3. The molecule has 0 N–H and O–H groups in total. The van der Waals surface area contributed by atoms with Gasteiger partial charge in [-0.05, 0) is 27.2 Å². The second kappa shape index (κ2) is 5.42. The first-order valence-electron chi connectivity index (χ1n) is 6.12. The molecule has 0 bridgehead atoms. The van der Waals surface area contributed by atoms with E-state index < -0.39 is 11.7 Å². The van der Waals surface area contributed by atoms with Gasteiger partial charge in [-0.2, -0.15) is 0 Å². The highest BCUT2D eigenvalue weighted by molar-refractivity contribution is 5.98. The van der Waals surface area contributed by atoms with Gasteiger partial charge in [0.2, 0.25) is 0 Å². The lowest BCUT2D eigenvalue weighted by molar-refractivity contribution is -0.118. The van der Waals surface area contributed by atoms with Crippen LogP contribution in [0.15, 0.2) is 11.9 Å². The number of hydrogen-bond donors (Lipinski definition) is 0. The van der Waals surface area contributed by atoms with Crippen LogP contribution >= 0.6 is 0 Å². The van der Waals surface area contributed by atoms with Gasteiger partial charge < -0.3 is 9.64 Å². The lowest BCUT2D eigenvalue weighted by atomic mass is 10.1. The minimum atomic E-state index is -0.555. The van der Waals surface area contributed by atoms with Crippen LogP contribution in [0.5, 0.6) is 0 Å². The third-order valence-corrected chi connectivity index (χ3v) is 2.36. The van der Waals surface area contributed by atoms with Gasteiger partial charge in [-0.1, -0.05) is 0 Å². The van der Waals surface area contributed by atoms with Gasteiger partial charge in [0, 0.05) is 33.3 Å². The lowest BCUT2D eigenvalue weighted by Crippen LogP contribution is -2.42. The van der Waals surface area contributed by atoms with Crippen molar-refractivity contribution >= 4 is 11.9 Å². The maximum absolute atomic E-state index is 12.0. The number of ketones is 1. The van der Waals surface area contributed by atoms with Crippen LogP contribution in [0, 0.1) is 0 Å². The van der Waals surface area contributed by atoms with Gasteiger partial charge in [-0.15, -0.1) is 0 Å². The van der Waals surface area contributed by atoms with Gasteiger partial charge in [0.15, 0.2) is 5.78 Å². The number of piperidine rings is 1. The third-order valence-electron chi connectivity index (χ3n) is 2.36. The molecule has 0 aromatic carbocycles. The van der Waals surface area contributed by atoms with Crippen LogP contribution in [0.2, 0.25) is 0 Å². The van der Waals surface area contributed by atoms with Gasteiger partial charge in [0.1, 0.15) is 11.3 Å². The second-order valence-electron chi connectivity index (χ2n) is 5.64. The zero-order valence-electron chi connectivity index (χ0n) is 11.8. The van der Waals surface area contributed by atoms with Crippen molar-refractivity contribution in [1.29, 1.82) is 0 Å². The van der Waals surface area contributed by atoms with E-state index in [-0.39, 0.29) is 5.78 Å². The van der Waals surface area contributed by atoms with Crippen LogP contribution in [0.25, 0.3) is 0 Å². The molecule has 0 aliphatic carbocycles. The first-order chi connectivity index (χ1) is 8.20. The van der Waals surface area contributed by atoms with Crippen molar-refractivity contribution in [2.75, 3.05) is 20.6 Å². The fraction of sp³-hybridized carbons (Fsp3) is 0.692. The molecule has 1 saturated heterocycles. The SMILES string of the molecule is CN(C)C=C1C(=O)CCCN1C(=O)OC(C)(C)C. The zero-order chi connectivity index (χ0) is 13.9.